The molecule has 18 heavy (non-hydrogen) atoms. The molecule has 0 aliphatic rings. The van der Waals surface area contributed by atoms with Crippen molar-refractivity contribution in [2.75, 3.05) is 5.73 Å². The summed E-state index contributed by atoms with van der Waals surface area (Å²) in [6.45, 7) is 4.19. The summed E-state index contributed by atoms with van der Waals surface area (Å²) in [4.78, 5) is 5.34. The number of nitrogens with two attached hydrogens (primary N) is 1. The zero-order chi connectivity index (χ0) is 13.1. The molecule has 0 unspecified atom stereocenters. The zero-order valence-corrected chi connectivity index (χ0v) is 12.7. The summed E-state index contributed by atoms with van der Waals surface area (Å²) in [6.07, 6.45) is 1.60. The van der Waals surface area contributed by atoms with Crippen LogP contribution in [0.3, 0.4) is 0 Å². The molecule has 2 N–H and O–H groups in total. The van der Waals surface area contributed by atoms with Gasteiger partial charge in [0.1, 0.15) is 12.2 Å². The van der Waals surface area contributed by atoms with Crippen molar-refractivity contribution in [3.63, 3.8) is 0 Å². The van der Waals surface area contributed by atoms with Gasteiger partial charge in [0, 0.05) is 21.1 Å². The van der Waals surface area contributed by atoms with Crippen molar-refractivity contribution < 1.29 is 0 Å². The Bertz CT molecular complexity index is 539. The van der Waals surface area contributed by atoms with Crippen LogP contribution in [0.2, 0.25) is 0 Å². The Morgan fingerprint density at radius 2 is 2.22 bits per heavy atom. The van der Waals surface area contributed by atoms with Crippen LogP contribution in [-0.2, 0) is 5.75 Å². The van der Waals surface area contributed by atoms with Crippen LogP contribution in [-0.4, -0.2) is 14.8 Å². The number of aromatic nitrogens is 3. The second-order valence-electron chi connectivity index (χ2n) is 4.19. The normalized spacial score (nSPS) is 11.1. The van der Waals surface area contributed by atoms with Crippen LogP contribution in [0.1, 0.15) is 25.7 Å². The molecule has 0 amide bonds. The van der Waals surface area contributed by atoms with E-state index in [4.69, 9.17) is 5.73 Å². The molecule has 2 rings (SSSR count). The van der Waals surface area contributed by atoms with E-state index in [1.54, 1.807) is 18.1 Å². The van der Waals surface area contributed by atoms with E-state index in [1.807, 2.05) is 22.9 Å². The molecular weight excluding hydrogens is 312 g/mol. The number of nitrogen functional groups attached to an aromatic ring is 1. The monoisotopic (exact) mass is 326 g/mol. The molecule has 0 aliphatic carbocycles. The third-order valence-corrected chi connectivity index (χ3v) is 4.03. The summed E-state index contributed by atoms with van der Waals surface area (Å²) in [5.41, 5.74) is 6.73. The Kier molecular flexibility index (Phi) is 4.29. The molecule has 0 spiro atoms. The van der Waals surface area contributed by atoms with Crippen molar-refractivity contribution in [1.29, 1.82) is 0 Å². The van der Waals surface area contributed by atoms with Crippen LogP contribution >= 0.6 is 27.7 Å². The van der Waals surface area contributed by atoms with E-state index in [-0.39, 0.29) is 0 Å². The molecule has 0 bridgehead atoms. The summed E-state index contributed by atoms with van der Waals surface area (Å²) < 4.78 is 2.96. The minimum atomic E-state index is 0.322. The van der Waals surface area contributed by atoms with E-state index in [0.717, 1.165) is 26.6 Å². The summed E-state index contributed by atoms with van der Waals surface area (Å²) in [6, 6.07) is 6.19. The maximum absolute atomic E-state index is 5.94. The Balaban J connectivity index is 2.11. The molecule has 0 saturated heterocycles. The molecule has 4 nitrogen and oxygen atoms in total. The van der Waals surface area contributed by atoms with Gasteiger partial charge in [-0.2, -0.15) is 5.10 Å². The molecule has 0 saturated carbocycles. The molecular formula is C12H15BrN4S. The minimum Gasteiger partial charge on any atom is -0.398 e. The Morgan fingerprint density at radius 3 is 2.94 bits per heavy atom. The molecule has 96 valence electrons. The van der Waals surface area contributed by atoms with Crippen molar-refractivity contribution >= 4 is 33.4 Å². The predicted octanol–water partition coefficient (Wildman–Crippen LogP) is 3.50. The third kappa shape index (κ3) is 3.05. The number of thioether (sulfide) groups is 1. The summed E-state index contributed by atoms with van der Waals surface area (Å²) in [7, 11) is 0. The van der Waals surface area contributed by atoms with E-state index in [1.165, 1.54) is 0 Å². The van der Waals surface area contributed by atoms with Gasteiger partial charge < -0.3 is 5.73 Å². The second kappa shape index (κ2) is 5.75. The standard InChI is InChI=1S/C12H15BrN4S/c1-8(2)17-12(15-7-16-17)6-18-11-5-9(13)3-4-10(11)14/h3-5,7-8H,6,14H2,1-2H3. The van der Waals surface area contributed by atoms with E-state index in [2.05, 4.69) is 39.9 Å². The summed E-state index contributed by atoms with van der Waals surface area (Å²) >= 11 is 5.12. The maximum atomic E-state index is 5.94. The summed E-state index contributed by atoms with van der Waals surface area (Å²) in [5.74, 6) is 1.73. The number of hydrogen-bond donors (Lipinski definition) is 1. The van der Waals surface area contributed by atoms with Gasteiger partial charge in [-0.3, -0.25) is 0 Å². The lowest BCUT2D eigenvalue weighted by Crippen LogP contribution is -2.07. The van der Waals surface area contributed by atoms with E-state index in [0.29, 0.717) is 6.04 Å². The van der Waals surface area contributed by atoms with Gasteiger partial charge in [0.05, 0.1) is 5.75 Å². The quantitative estimate of drug-likeness (QED) is 0.690. The lowest BCUT2D eigenvalue weighted by atomic mass is 10.3. The van der Waals surface area contributed by atoms with Crippen LogP contribution < -0.4 is 5.73 Å². The summed E-state index contributed by atoms with van der Waals surface area (Å²) in [5, 5.41) is 4.22. The van der Waals surface area contributed by atoms with E-state index < -0.39 is 0 Å². The SMILES string of the molecule is CC(C)n1ncnc1CSc1cc(Br)ccc1N. The van der Waals surface area contributed by atoms with Gasteiger partial charge in [-0.15, -0.1) is 11.8 Å². The van der Waals surface area contributed by atoms with Crippen molar-refractivity contribution in [3.8, 4) is 0 Å². The number of rotatable bonds is 4. The average Bonchev–Trinajstić information content (AvgIpc) is 2.79. The number of anilines is 1. The fraction of sp³-hybridized carbons (Fsp3) is 0.333. The fourth-order valence-electron chi connectivity index (χ4n) is 1.58. The molecule has 0 atom stereocenters. The average molecular weight is 327 g/mol. The first kappa shape index (κ1) is 13.4. The third-order valence-electron chi connectivity index (χ3n) is 2.47. The molecule has 6 heteroatoms. The van der Waals surface area contributed by atoms with Gasteiger partial charge in [0.2, 0.25) is 0 Å². The highest BCUT2D eigenvalue weighted by Crippen LogP contribution is 2.30. The topological polar surface area (TPSA) is 56.7 Å². The van der Waals surface area contributed by atoms with Crippen LogP contribution in [0.5, 0.6) is 0 Å². The molecule has 0 fully saturated rings. The predicted molar refractivity (Wildman–Crippen MR) is 78.5 cm³/mol. The molecule has 1 aromatic heterocycles. The first-order valence-corrected chi connectivity index (χ1v) is 7.42. The molecule has 2 aromatic rings. The fourth-order valence-corrected chi connectivity index (χ4v) is 3.03. The van der Waals surface area contributed by atoms with Crippen LogP contribution in [0.15, 0.2) is 33.9 Å². The minimum absolute atomic E-state index is 0.322. The molecule has 0 aliphatic heterocycles. The van der Waals surface area contributed by atoms with Crippen LogP contribution in [0.25, 0.3) is 0 Å². The highest BCUT2D eigenvalue weighted by atomic mass is 79.9. The lowest BCUT2D eigenvalue weighted by molar-refractivity contribution is 0.514. The van der Waals surface area contributed by atoms with E-state index >= 15 is 0 Å². The second-order valence-corrected chi connectivity index (χ2v) is 6.12. The van der Waals surface area contributed by atoms with Gasteiger partial charge >= 0.3 is 0 Å². The zero-order valence-electron chi connectivity index (χ0n) is 10.3. The molecule has 1 aromatic carbocycles. The van der Waals surface area contributed by atoms with Gasteiger partial charge in [-0.25, -0.2) is 9.67 Å². The van der Waals surface area contributed by atoms with Crippen LogP contribution in [0, 0.1) is 0 Å². The van der Waals surface area contributed by atoms with Crippen molar-refractivity contribution in [1.82, 2.24) is 14.8 Å². The van der Waals surface area contributed by atoms with Crippen molar-refractivity contribution in [2.45, 2.75) is 30.5 Å². The largest absolute Gasteiger partial charge is 0.398 e. The Morgan fingerprint density at radius 1 is 1.44 bits per heavy atom. The number of halogens is 1. The van der Waals surface area contributed by atoms with Gasteiger partial charge in [0.25, 0.3) is 0 Å². The first-order chi connectivity index (χ1) is 8.58. The maximum Gasteiger partial charge on any atom is 0.138 e. The number of benzene rings is 1. The Hall–Kier alpha value is -1.01. The number of nitrogens with zero attached hydrogens (tertiary/aromatic N) is 3. The smallest absolute Gasteiger partial charge is 0.138 e. The van der Waals surface area contributed by atoms with Gasteiger partial charge in [0.15, 0.2) is 0 Å². The number of hydrogen-bond acceptors (Lipinski definition) is 4. The molecule has 0 radical (unpaired) electrons. The van der Waals surface area contributed by atoms with Gasteiger partial charge in [-0.1, -0.05) is 15.9 Å². The van der Waals surface area contributed by atoms with E-state index in [9.17, 15) is 0 Å². The molecule has 1 heterocycles. The highest BCUT2D eigenvalue weighted by molar-refractivity contribution is 9.10. The first-order valence-electron chi connectivity index (χ1n) is 5.64. The Labute approximate surface area is 119 Å². The van der Waals surface area contributed by atoms with Crippen molar-refractivity contribution in [3.05, 3.63) is 34.8 Å². The van der Waals surface area contributed by atoms with Crippen LogP contribution in [0.4, 0.5) is 5.69 Å². The van der Waals surface area contributed by atoms with Gasteiger partial charge in [-0.05, 0) is 32.0 Å². The highest BCUT2D eigenvalue weighted by Gasteiger charge is 2.09. The van der Waals surface area contributed by atoms with Crippen molar-refractivity contribution in [2.24, 2.45) is 0 Å². The lowest BCUT2D eigenvalue weighted by Gasteiger charge is -2.10.